The van der Waals surface area contributed by atoms with Gasteiger partial charge in [0.15, 0.2) is 0 Å². The molecule has 4 unspecified atom stereocenters. The smallest absolute Gasteiger partial charge is 0.432 e. The van der Waals surface area contributed by atoms with Gasteiger partial charge in [-0.25, -0.2) is 5.32 Å². The average molecular weight is 516 g/mol. The minimum Gasteiger partial charge on any atom is -0.466 e. The van der Waals surface area contributed by atoms with Crippen molar-refractivity contribution in [2.24, 2.45) is 11.8 Å². The number of anilines is 1. The zero-order valence-electron chi connectivity index (χ0n) is 19.2. The van der Waals surface area contributed by atoms with Gasteiger partial charge in [-0.15, -0.1) is 0 Å². The van der Waals surface area contributed by atoms with Gasteiger partial charge in [0, 0.05) is 25.7 Å². The van der Waals surface area contributed by atoms with Crippen molar-refractivity contribution in [3.8, 4) is 0 Å². The maximum absolute atomic E-state index is 14.1. The first kappa shape index (κ1) is 28.7. The molecule has 0 aliphatic carbocycles. The normalized spacial score (nSPS) is 29.4. The molecule has 1 aromatic carbocycles. The number of aliphatic hydroxyl groups is 2. The molecule has 0 aromatic heterocycles. The highest BCUT2D eigenvalue weighted by Gasteiger charge is 2.78. The predicted octanol–water partition coefficient (Wildman–Crippen LogP) is 2.30. The third kappa shape index (κ3) is 5.05. The van der Waals surface area contributed by atoms with E-state index in [1.165, 1.54) is 26.0 Å². The molecule has 0 amide bonds. The number of carbonyl (C=O) groups excluding carboxylic acids is 2. The number of carbonyl (C=O) groups is 2. The maximum Gasteiger partial charge on any atom is 0.432 e. The van der Waals surface area contributed by atoms with Crippen molar-refractivity contribution in [2.75, 3.05) is 32.2 Å². The lowest BCUT2D eigenvalue weighted by molar-refractivity contribution is -0.376. The molecule has 0 radical (unpaired) electrons. The molecule has 4 atom stereocenters. The van der Waals surface area contributed by atoms with E-state index in [4.69, 9.17) is 0 Å². The molecule has 1 aromatic rings. The Morgan fingerprint density at radius 2 is 1.26 bits per heavy atom. The van der Waals surface area contributed by atoms with Crippen LogP contribution < -0.4 is 10.2 Å². The van der Waals surface area contributed by atoms with Gasteiger partial charge in [0.25, 0.3) is 0 Å². The molecule has 35 heavy (non-hydrogen) atoms. The number of esters is 2. The van der Waals surface area contributed by atoms with Crippen LogP contribution in [-0.4, -0.2) is 73.3 Å². The summed E-state index contributed by atoms with van der Waals surface area (Å²) < 4.78 is 94.1. The van der Waals surface area contributed by atoms with Gasteiger partial charge in [0.1, 0.15) is 11.8 Å². The fourth-order valence-electron chi connectivity index (χ4n) is 4.13. The highest BCUT2D eigenvalue weighted by atomic mass is 19.4. The Morgan fingerprint density at radius 1 is 0.886 bits per heavy atom. The Morgan fingerprint density at radius 3 is 1.54 bits per heavy atom. The Hall–Kier alpha value is -2.58. The minimum atomic E-state index is -5.93. The van der Waals surface area contributed by atoms with Crippen molar-refractivity contribution in [3.63, 3.8) is 0 Å². The van der Waals surface area contributed by atoms with Crippen LogP contribution in [0.2, 0.25) is 0 Å². The fraction of sp³-hybridized carbons (Fsp3) is 0.619. The SMILES string of the molecule is CCOC(=O)C1C(c2ccc(N(C)C)cc2)C(C(=O)OCC)C(O)(C(F)(F)F)NC1(O)C(F)(F)F. The Kier molecular flexibility index (Phi) is 8.04. The number of hydrogen-bond donors (Lipinski definition) is 3. The predicted molar refractivity (Wildman–Crippen MR) is 109 cm³/mol. The molecule has 8 nitrogen and oxygen atoms in total. The number of piperidine rings is 1. The van der Waals surface area contributed by atoms with Gasteiger partial charge in [0.2, 0.25) is 11.4 Å². The summed E-state index contributed by atoms with van der Waals surface area (Å²) >= 11 is 0. The lowest BCUT2D eigenvalue weighted by Crippen LogP contribution is -2.81. The Labute approximate surface area is 196 Å². The van der Waals surface area contributed by atoms with Gasteiger partial charge in [-0.2, -0.15) is 26.3 Å². The van der Waals surface area contributed by atoms with Crippen LogP contribution in [0.4, 0.5) is 32.0 Å². The molecule has 3 N–H and O–H groups in total. The van der Waals surface area contributed by atoms with Crippen molar-refractivity contribution >= 4 is 17.6 Å². The summed E-state index contributed by atoms with van der Waals surface area (Å²) in [5.74, 6) is -11.5. The third-order valence-corrected chi connectivity index (χ3v) is 5.74. The van der Waals surface area contributed by atoms with Crippen molar-refractivity contribution < 1.29 is 55.6 Å². The quantitative estimate of drug-likeness (QED) is 0.391. The molecule has 0 saturated carbocycles. The number of ether oxygens (including phenoxy) is 2. The second-order valence-corrected chi connectivity index (χ2v) is 8.12. The van der Waals surface area contributed by atoms with Gasteiger partial charge < -0.3 is 24.6 Å². The van der Waals surface area contributed by atoms with Crippen LogP contribution in [0.15, 0.2) is 24.3 Å². The number of benzene rings is 1. The van der Waals surface area contributed by atoms with Gasteiger partial charge in [-0.05, 0) is 31.5 Å². The molecule has 0 bridgehead atoms. The van der Waals surface area contributed by atoms with Crippen LogP contribution in [0.25, 0.3) is 0 Å². The van der Waals surface area contributed by atoms with Gasteiger partial charge in [0.05, 0.1) is 13.2 Å². The Bertz CT molecular complexity index is 874. The first-order valence-corrected chi connectivity index (χ1v) is 10.4. The summed E-state index contributed by atoms with van der Waals surface area (Å²) in [6.07, 6.45) is -11.9. The minimum absolute atomic E-state index is 0.376. The first-order valence-electron chi connectivity index (χ1n) is 10.4. The van der Waals surface area contributed by atoms with E-state index >= 15 is 0 Å². The van der Waals surface area contributed by atoms with E-state index in [0.29, 0.717) is 5.69 Å². The van der Waals surface area contributed by atoms with Crippen molar-refractivity contribution in [2.45, 2.75) is 43.6 Å². The standard InChI is InChI=1S/C21H26F6N2O6/c1-5-34-16(30)14-13(11-7-9-12(10-8-11)29(3)4)15(17(31)35-6-2)19(33,21(25,26)27)28-18(14,32)20(22,23)24/h7-10,13-15,28,32-33H,5-6H2,1-4H3. The summed E-state index contributed by atoms with van der Waals surface area (Å²) in [6.45, 7) is 1.50. The van der Waals surface area contributed by atoms with Crippen molar-refractivity contribution in [1.29, 1.82) is 0 Å². The number of rotatable bonds is 6. The monoisotopic (exact) mass is 516 g/mol. The largest absolute Gasteiger partial charge is 0.466 e. The molecule has 1 aliphatic rings. The third-order valence-electron chi connectivity index (χ3n) is 5.74. The number of halogens is 6. The van der Waals surface area contributed by atoms with Crippen LogP contribution in [0.5, 0.6) is 0 Å². The topological polar surface area (TPSA) is 108 Å². The molecule has 1 heterocycles. The van der Waals surface area contributed by atoms with Crippen LogP contribution in [0.3, 0.4) is 0 Å². The second kappa shape index (κ2) is 9.82. The van der Waals surface area contributed by atoms with E-state index in [-0.39, 0.29) is 5.56 Å². The fourth-order valence-corrected chi connectivity index (χ4v) is 4.13. The van der Waals surface area contributed by atoms with Crippen molar-refractivity contribution in [3.05, 3.63) is 29.8 Å². The number of nitrogens with one attached hydrogen (secondary N) is 1. The Balaban J connectivity index is 2.96. The first-order chi connectivity index (χ1) is 16.0. The summed E-state index contributed by atoms with van der Waals surface area (Å²) in [5.41, 5.74) is -9.17. The van der Waals surface area contributed by atoms with Gasteiger partial charge >= 0.3 is 24.3 Å². The maximum atomic E-state index is 14.1. The number of nitrogens with zero attached hydrogens (tertiary/aromatic N) is 1. The molecule has 1 fully saturated rings. The summed E-state index contributed by atoms with van der Waals surface area (Å²) in [4.78, 5) is 27.1. The van der Waals surface area contributed by atoms with E-state index in [2.05, 4.69) is 9.47 Å². The number of alkyl halides is 6. The van der Waals surface area contributed by atoms with E-state index < -0.39 is 66.7 Å². The number of hydrogen-bond acceptors (Lipinski definition) is 8. The van der Waals surface area contributed by atoms with Crippen molar-refractivity contribution in [1.82, 2.24) is 5.32 Å². The second-order valence-electron chi connectivity index (χ2n) is 8.12. The molecule has 1 aliphatic heterocycles. The van der Waals surface area contributed by atoms with E-state index in [1.807, 2.05) is 0 Å². The zero-order valence-corrected chi connectivity index (χ0v) is 19.2. The summed E-state index contributed by atoms with van der Waals surface area (Å²) in [7, 11) is 3.24. The van der Waals surface area contributed by atoms with Crippen LogP contribution in [-0.2, 0) is 19.1 Å². The zero-order chi connectivity index (χ0) is 27.0. The molecule has 2 rings (SSSR count). The molecule has 198 valence electrons. The lowest BCUT2D eigenvalue weighted by atomic mass is 9.64. The highest BCUT2D eigenvalue weighted by molar-refractivity contribution is 5.81. The average Bonchev–Trinajstić information content (AvgIpc) is 2.71. The lowest BCUT2D eigenvalue weighted by Gasteiger charge is -2.54. The summed E-state index contributed by atoms with van der Waals surface area (Å²) in [6, 6.07) is 4.83. The molecule has 14 heteroatoms. The molecule has 0 spiro atoms. The molecular formula is C21H26F6N2O6. The molecule has 1 saturated heterocycles. The summed E-state index contributed by atoms with van der Waals surface area (Å²) in [5, 5.41) is 22.0. The van der Waals surface area contributed by atoms with Crippen LogP contribution >= 0.6 is 0 Å². The van der Waals surface area contributed by atoms with Crippen LogP contribution in [0, 0.1) is 11.8 Å². The van der Waals surface area contributed by atoms with Crippen LogP contribution in [0.1, 0.15) is 25.3 Å². The van der Waals surface area contributed by atoms with E-state index in [1.54, 1.807) is 19.0 Å². The van der Waals surface area contributed by atoms with Gasteiger partial charge in [-0.3, -0.25) is 9.59 Å². The highest BCUT2D eigenvalue weighted by Crippen LogP contribution is 2.55. The van der Waals surface area contributed by atoms with E-state index in [9.17, 15) is 46.1 Å². The van der Waals surface area contributed by atoms with Gasteiger partial charge in [-0.1, -0.05) is 12.1 Å². The van der Waals surface area contributed by atoms with E-state index in [0.717, 1.165) is 17.4 Å². The molecular weight excluding hydrogens is 490 g/mol.